The van der Waals surface area contributed by atoms with E-state index in [1.807, 2.05) is 4.90 Å². The molecule has 0 amide bonds. The quantitative estimate of drug-likeness (QED) is 0.913. The molecular formula is C15H20FNO2. The Morgan fingerprint density at radius 3 is 2.58 bits per heavy atom. The van der Waals surface area contributed by atoms with Crippen molar-refractivity contribution in [1.82, 2.24) is 4.90 Å². The third-order valence-corrected chi connectivity index (χ3v) is 3.92. The van der Waals surface area contributed by atoms with Gasteiger partial charge in [0, 0.05) is 0 Å². The Bertz CT molecular complexity index is 467. The van der Waals surface area contributed by atoms with Crippen LogP contribution in [0.3, 0.4) is 0 Å². The number of hydrogen-bond donors (Lipinski definition) is 1. The molecule has 19 heavy (non-hydrogen) atoms. The molecule has 2 rings (SSSR count). The van der Waals surface area contributed by atoms with Gasteiger partial charge in [0.1, 0.15) is 11.9 Å². The van der Waals surface area contributed by atoms with Crippen LogP contribution in [-0.2, 0) is 4.79 Å². The van der Waals surface area contributed by atoms with Crippen molar-refractivity contribution < 1.29 is 14.3 Å². The lowest BCUT2D eigenvalue weighted by atomic mass is 9.95. The molecule has 0 saturated carbocycles. The van der Waals surface area contributed by atoms with Crippen LogP contribution in [-0.4, -0.2) is 29.1 Å². The van der Waals surface area contributed by atoms with E-state index in [-0.39, 0.29) is 5.82 Å². The van der Waals surface area contributed by atoms with Gasteiger partial charge < -0.3 is 5.11 Å². The van der Waals surface area contributed by atoms with Gasteiger partial charge in [-0.25, -0.2) is 4.39 Å². The third-order valence-electron chi connectivity index (χ3n) is 3.92. The molecular weight excluding hydrogens is 245 g/mol. The number of nitrogens with zero attached hydrogens (tertiary/aromatic N) is 1. The molecule has 104 valence electrons. The first-order chi connectivity index (χ1) is 8.99. The van der Waals surface area contributed by atoms with Gasteiger partial charge in [-0.15, -0.1) is 0 Å². The number of hydrogen-bond acceptors (Lipinski definition) is 2. The predicted molar refractivity (Wildman–Crippen MR) is 71.5 cm³/mol. The molecule has 0 bridgehead atoms. The second kappa shape index (κ2) is 5.70. The third kappa shape index (κ3) is 3.13. The lowest BCUT2D eigenvalue weighted by molar-refractivity contribution is -0.144. The predicted octanol–water partition coefficient (Wildman–Crippen LogP) is 2.99. The Hall–Kier alpha value is -1.42. The van der Waals surface area contributed by atoms with Gasteiger partial charge in [-0.2, -0.15) is 0 Å². The molecule has 1 N–H and O–H groups in total. The molecule has 0 spiro atoms. The first-order valence-corrected chi connectivity index (χ1v) is 6.72. The average molecular weight is 265 g/mol. The van der Waals surface area contributed by atoms with Crippen LogP contribution in [0.25, 0.3) is 0 Å². The highest BCUT2D eigenvalue weighted by atomic mass is 19.1. The standard InChI is InChI=1S/C15H20FNO2/c1-10-5-7-17(8-6-10)14(15(18)19)12-3-4-13(16)11(2)9-12/h3-4,9-10,14H,5-8H2,1-2H3,(H,18,19). The number of likely N-dealkylation sites (tertiary alicyclic amines) is 1. The van der Waals surface area contributed by atoms with E-state index >= 15 is 0 Å². The zero-order valence-corrected chi connectivity index (χ0v) is 11.4. The van der Waals surface area contributed by atoms with Crippen LogP contribution in [0.15, 0.2) is 18.2 Å². The van der Waals surface area contributed by atoms with E-state index in [0.29, 0.717) is 17.0 Å². The summed E-state index contributed by atoms with van der Waals surface area (Å²) in [6, 6.07) is 3.92. The van der Waals surface area contributed by atoms with Crippen LogP contribution >= 0.6 is 0 Å². The van der Waals surface area contributed by atoms with E-state index in [2.05, 4.69) is 6.92 Å². The van der Waals surface area contributed by atoms with E-state index in [1.54, 1.807) is 19.1 Å². The SMILES string of the molecule is Cc1cc(C(C(=O)O)N2CCC(C)CC2)ccc1F. The largest absolute Gasteiger partial charge is 0.480 e. The lowest BCUT2D eigenvalue weighted by Crippen LogP contribution is -2.39. The number of aliphatic carboxylic acids is 1. The maximum atomic E-state index is 13.3. The van der Waals surface area contributed by atoms with Gasteiger partial charge in [0.25, 0.3) is 0 Å². The highest BCUT2D eigenvalue weighted by molar-refractivity contribution is 5.75. The van der Waals surface area contributed by atoms with Crippen LogP contribution in [0.5, 0.6) is 0 Å². The summed E-state index contributed by atoms with van der Waals surface area (Å²) in [6.45, 7) is 5.42. The number of benzene rings is 1. The number of piperidine rings is 1. The minimum Gasteiger partial charge on any atom is -0.480 e. The molecule has 1 atom stereocenters. The van der Waals surface area contributed by atoms with Crippen molar-refractivity contribution in [3.8, 4) is 0 Å². The summed E-state index contributed by atoms with van der Waals surface area (Å²) >= 11 is 0. The number of carbonyl (C=O) groups is 1. The molecule has 4 heteroatoms. The molecule has 1 aliphatic rings. The molecule has 1 unspecified atom stereocenters. The van der Waals surface area contributed by atoms with Crippen molar-refractivity contribution in [2.24, 2.45) is 5.92 Å². The zero-order valence-electron chi connectivity index (χ0n) is 11.4. The van der Waals surface area contributed by atoms with Crippen LogP contribution in [0.1, 0.15) is 36.9 Å². The van der Waals surface area contributed by atoms with Gasteiger partial charge in [-0.3, -0.25) is 9.69 Å². The van der Waals surface area contributed by atoms with Gasteiger partial charge in [0.15, 0.2) is 0 Å². The fraction of sp³-hybridized carbons (Fsp3) is 0.533. The molecule has 0 aromatic heterocycles. The lowest BCUT2D eigenvalue weighted by Gasteiger charge is -2.34. The van der Waals surface area contributed by atoms with Crippen LogP contribution in [0.4, 0.5) is 4.39 Å². The van der Waals surface area contributed by atoms with Gasteiger partial charge in [0.2, 0.25) is 0 Å². The van der Waals surface area contributed by atoms with E-state index < -0.39 is 12.0 Å². The van der Waals surface area contributed by atoms with Crippen LogP contribution < -0.4 is 0 Å². The zero-order chi connectivity index (χ0) is 14.0. The number of carboxylic acids is 1. The summed E-state index contributed by atoms with van der Waals surface area (Å²) in [5.41, 5.74) is 1.16. The topological polar surface area (TPSA) is 40.5 Å². The van der Waals surface area contributed by atoms with Crippen molar-refractivity contribution in [3.63, 3.8) is 0 Å². The monoisotopic (exact) mass is 265 g/mol. The molecule has 1 aromatic rings. The molecule has 0 radical (unpaired) electrons. The summed E-state index contributed by atoms with van der Waals surface area (Å²) in [5, 5.41) is 9.47. The van der Waals surface area contributed by atoms with Gasteiger partial charge in [0.05, 0.1) is 0 Å². The Morgan fingerprint density at radius 1 is 1.42 bits per heavy atom. The van der Waals surface area contributed by atoms with Crippen molar-refractivity contribution in [3.05, 3.63) is 35.1 Å². The minimum atomic E-state index is -0.861. The highest BCUT2D eigenvalue weighted by Gasteiger charge is 2.30. The van der Waals surface area contributed by atoms with Gasteiger partial charge in [-0.1, -0.05) is 19.1 Å². The number of carboxylic acid groups (broad SMARTS) is 1. The number of halogens is 1. The Balaban J connectivity index is 2.24. The molecule has 0 aliphatic carbocycles. The normalized spacial score (nSPS) is 19.3. The fourth-order valence-electron chi connectivity index (χ4n) is 2.63. The molecule has 1 heterocycles. The van der Waals surface area contributed by atoms with Gasteiger partial charge in [-0.05, 0) is 56.0 Å². The summed E-state index contributed by atoms with van der Waals surface area (Å²) in [7, 11) is 0. The van der Waals surface area contributed by atoms with Crippen LogP contribution in [0.2, 0.25) is 0 Å². The molecule has 1 aliphatic heterocycles. The Morgan fingerprint density at radius 2 is 2.05 bits per heavy atom. The molecule has 1 saturated heterocycles. The van der Waals surface area contributed by atoms with Crippen molar-refractivity contribution in [2.75, 3.05) is 13.1 Å². The summed E-state index contributed by atoms with van der Waals surface area (Å²) in [5.74, 6) is -0.499. The number of aryl methyl sites for hydroxylation is 1. The summed E-state index contributed by atoms with van der Waals surface area (Å²) < 4.78 is 13.3. The average Bonchev–Trinajstić information content (AvgIpc) is 2.36. The smallest absolute Gasteiger partial charge is 0.325 e. The van der Waals surface area contributed by atoms with Crippen molar-refractivity contribution >= 4 is 5.97 Å². The number of rotatable bonds is 3. The molecule has 1 aromatic carbocycles. The fourth-order valence-corrected chi connectivity index (χ4v) is 2.63. The van der Waals surface area contributed by atoms with E-state index in [1.165, 1.54) is 6.07 Å². The highest BCUT2D eigenvalue weighted by Crippen LogP contribution is 2.28. The Kier molecular flexibility index (Phi) is 4.20. The van der Waals surface area contributed by atoms with Gasteiger partial charge >= 0.3 is 5.97 Å². The maximum Gasteiger partial charge on any atom is 0.325 e. The summed E-state index contributed by atoms with van der Waals surface area (Å²) in [6.07, 6.45) is 2.04. The van der Waals surface area contributed by atoms with Crippen molar-refractivity contribution in [1.29, 1.82) is 0 Å². The van der Waals surface area contributed by atoms with E-state index in [0.717, 1.165) is 25.9 Å². The minimum absolute atomic E-state index is 0.292. The van der Waals surface area contributed by atoms with Crippen LogP contribution in [0, 0.1) is 18.7 Å². The van der Waals surface area contributed by atoms with E-state index in [4.69, 9.17) is 0 Å². The maximum absolute atomic E-state index is 13.3. The molecule has 1 fully saturated rings. The first-order valence-electron chi connectivity index (χ1n) is 6.72. The van der Waals surface area contributed by atoms with E-state index in [9.17, 15) is 14.3 Å². The Labute approximate surface area is 113 Å². The second-order valence-corrected chi connectivity index (χ2v) is 5.47. The second-order valence-electron chi connectivity index (χ2n) is 5.47. The first kappa shape index (κ1) is 14.0. The molecule has 3 nitrogen and oxygen atoms in total. The summed E-state index contributed by atoms with van der Waals surface area (Å²) in [4.78, 5) is 13.5. The van der Waals surface area contributed by atoms with Crippen molar-refractivity contribution in [2.45, 2.75) is 32.7 Å².